The largest absolute Gasteiger partial charge is 0.493 e. The van der Waals surface area contributed by atoms with Crippen LogP contribution in [0.15, 0.2) is 60.7 Å². The number of anilines is 1. The standard InChI is InChI=1S/C29H37N3O5S/c1-22-11-13-25(38-22)20-31(17-15-23-12-14-26(36-3)27(19-23)37-4)28(33)21-32(16-8-18-35-2)29(34)30-24-9-6-5-7-10-24/h5-7,9-14,19H,8,15-18,20-21H2,1-4H3,(H,30,34). The SMILES string of the molecule is COCCCN(CC(=O)N(CCc1ccc(OC)c(OC)c1)Cc1ccc(C)s1)C(=O)Nc1ccccc1. The highest BCUT2D eigenvalue weighted by molar-refractivity contribution is 7.11. The molecule has 1 N–H and O–H groups in total. The van der Waals surface area contributed by atoms with Crippen LogP contribution in [0.3, 0.4) is 0 Å². The number of carbonyl (C=O) groups excluding carboxylic acids is 2. The zero-order chi connectivity index (χ0) is 27.3. The first-order chi connectivity index (χ1) is 18.4. The van der Waals surface area contributed by atoms with E-state index in [-0.39, 0.29) is 18.5 Å². The molecule has 2 aromatic carbocycles. The second kappa shape index (κ2) is 15.0. The summed E-state index contributed by atoms with van der Waals surface area (Å²) in [5, 5.41) is 2.90. The maximum atomic E-state index is 13.6. The van der Waals surface area contributed by atoms with E-state index < -0.39 is 0 Å². The van der Waals surface area contributed by atoms with E-state index in [4.69, 9.17) is 14.2 Å². The van der Waals surface area contributed by atoms with Crippen molar-refractivity contribution in [2.45, 2.75) is 26.3 Å². The predicted octanol–water partition coefficient (Wildman–Crippen LogP) is 5.22. The predicted molar refractivity (Wildman–Crippen MR) is 151 cm³/mol. The lowest BCUT2D eigenvalue weighted by atomic mass is 10.1. The summed E-state index contributed by atoms with van der Waals surface area (Å²) in [6, 6.07) is 18.8. The molecule has 1 aromatic heterocycles. The minimum atomic E-state index is -0.313. The molecule has 3 amide bonds. The number of hydrogen-bond donors (Lipinski definition) is 1. The molecule has 0 aliphatic rings. The van der Waals surface area contributed by atoms with Gasteiger partial charge in [0.1, 0.15) is 6.54 Å². The lowest BCUT2D eigenvalue weighted by Gasteiger charge is -2.28. The number of urea groups is 1. The molecule has 204 valence electrons. The highest BCUT2D eigenvalue weighted by Crippen LogP contribution is 2.28. The number of benzene rings is 2. The summed E-state index contributed by atoms with van der Waals surface area (Å²) in [4.78, 5) is 32.4. The summed E-state index contributed by atoms with van der Waals surface area (Å²) >= 11 is 1.67. The molecule has 0 bridgehead atoms. The Morgan fingerprint density at radius 1 is 0.895 bits per heavy atom. The molecule has 0 spiro atoms. The van der Waals surface area contributed by atoms with Crippen molar-refractivity contribution in [3.8, 4) is 11.5 Å². The molecule has 8 nitrogen and oxygen atoms in total. The molecule has 0 atom stereocenters. The lowest BCUT2D eigenvalue weighted by Crippen LogP contribution is -2.45. The number of rotatable bonds is 14. The minimum Gasteiger partial charge on any atom is -0.493 e. The summed E-state index contributed by atoms with van der Waals surface area (Å²) in [5.41, 5.74) is 1.71. The van der Waals surface area contributed by atoms with Crippen molar-refractivity contribution in [3.63, 3.8) is 0 Å². The molecule has 9 heteroatoms. The van der Waals surface area contributed by atoms with Crippen molar-refractivity contribution in [1.29, 1.82) is 0 Å². The number of nitrogens with zero attached hydrogens (tertiary/aromatic N) is 2. The van der Waals surface area contributed by atoms with Crippen LogP contribution in [0.4, 0.5) is 10.5 Å². The van der Waals surface area contributed by atoms with E-state index in [9.17, 15) is 9.59 Å². The number of amides is 3. The Hall–Kier alpha value is -3.56. The number of methoxy groups -OCH3 is 3. The summed E-state index contributed by atoms with van der Waals surface area (Å²) in [7, 11) is 4.83. The first-order valence-corrected chi connectivity index (χ1v) is 13.4. The number of nitrogens with one attached hydrogen (secondary N) is 1. The second-order valence-electron chi connectivity index (χ2n) is 8.83. The lowest BCUT2D eigenvalue weighted by molar-refractivity contribution is -0.132. The Labute approximate surface area is 229 Å². The molecule has 0 saturated heterocycles. The Morgan fingerprint density at radius 2 is 1.66 bits per heavy atom. The molecular formula is C29H37N3O5S. The van der Waals surface area contributed by atoms with E-state index in [0.29, 0.717) is 56.3 Å². The van der Waals surface area contributed by atoms with Crippen molar-refractivity contribution in [2.75, 3.05) is 52.9 Å². The van der Waals surface area contributed by atoms with E-state index in [0.717, 1.165) is 10.4 Å². The van der Waals surface area contributed by atoms with E-state index in [2.05, 4.69) is 24.4 Å². The fraction of sp³-hybridized carbons (Fsp3) is 0.379. The molecule has 3 aromatic rings. The number of para-hydroxylation sites is 1. The first-order valence-electron chi connectivity index (χ1n) is 12.6. The highest BCUT2D eigenvalue weighted by Gasteiger charge is 2.22. The fourth-order valence-electron chi connectivity index (χ4n) is 3.99. The molecule has 1 heterocycles. The molecular weight excluding hydrogens is 502 g/mol. The molecule has 0 radical (unpaired) electrons. The first kappa shape index (κ1) is 29.0. The number of hydrogen-bond acceptors (Lipinski definition) is 6. The van der Waals surface area contributed by atoms with Crippen LogP contribution >= 0.6 is 11.3 Å². The highest BCUT2D eigenvalue weighted by atomic mass is 32.1. The third-order valence-electron chi connectivity index (χ3n) is 6.03. The molecule has 0 unspecified atom stereocenters. The van der Waals surface area contributed by atoms with Crippen molar-refractivity contribution >= 4 is 29.0 Å². The van der Waals surface area contributed by atoms with Crippen LogP contribution < -0.4 is 14.8 Å². The van der Waals surface area contributed by atoms with Gasteiger partial charge in [0.05, 0.1) is 20.8 Å². The normalized spacial score (nSPS) is 10.6. The third kappa shape index (κ3) is 8.78. The maximum absolute atomic E-state index is 13.6. The Bertz CT molecular complexity index is 1170. The van der Waals surface area contributed by atoms with Gasteiger partial charge in [0.15, 0.2) is 11.5 Å². The molecule has 0 aliphatic carbocycles. The van der Waals surface area contributed by atoms with Gasteiger partial charge in [-0.25, -0.2) is 4.79 Å². The van der Waals surface area contributed by atoms with Gasteiger partial charge in [-0.2, -0.15) is 0 Å². The maximum Gasteiger partial charge on any atom is 0.322 e. The van der Waals surface area contributed by atoms with E-state index in [1.54, 1.807) is 37.6 Å². The van der Waals surface area contributed by atoms with Crippen molar-refractivity contribution in [2.24, 2.45) is 0 Å². The Morgan fingerprint density at radius 3 is 2.32 bits per heavy atom. The summed E-state index contributed by atoms with van der Waals surface area (Å²) in [5.74, 6) is 1.20. The average molecular weight is 540 g/mol. The molecule has 3 rings (SSSR count). The smallest absolute Gasteiger partial charge is 0.322 e. The van der Waals surface area contributed by atoms with Gasteiger partial charge in [-0.3, -0.25) is 4.79 Å². The fourth-order valence-corrected chi connectivity index (χ4v) is 4.90. The number of carbonyl (C=O) groups is 2. The van der Waals surface area contributed by atoms with Crippen LogP contribution in [0, 0.1) is 6.92 Å². The van der Waals surface area contributed by atoms with Gasteiger partial charge in [-0.05, 0) is 61.7 Å². The van der Waals surface area contributed by atoms with Gasteiger partial charge < -0.3 is 29.3 Å². The minimum absolute atomic E-state index is 0.0291. The van der Waals surface area contributed by atoms with Gasteiger partial charge in [0, 0.05) is 42.2 Å². The van der Waals surface area contributed by atoms with Crippen LogP contribution in [-0.4, -0.2) is 69.3 Å². The summed E-state index contributed by atoms with van der Waals surface area (Å²) < 4.78 is 16.0. The zero-order valence-corrected chi connectivity index (χ0v) is 23.4. The monoisotopic (exact) mass is 539 g/mol. The van der Waals surface area contributed by atoms with Gasteiger partial charge >= 0.3 is 6.03 Å². The van der Waals surface area contributed by atoms with Gasteiger partial charge in [-0.1, -0.05) is 24.3 Å². The van der Waals surface area contributed by atoms with Crippen molar-refractivity contribution in [1.82, 2.24) is 9.80 Å². The summed E-state index contributed by atoms with van der Waals surface area (Å²) in [6.07, 6.45) is 1.26. The molecule has 0 aliphatic heterocycles. The summed E-state index contributed by atoms with van der Waals surface area (Å²) in [6.45, 7) is 3.91. The second-order valence-corrected chi connectivity index (χ2v) is 10.2. The van der Waals surface area contributed by atoms with Crippen LogP contribution in [0.5, 0.6) is 11.5 Å². The van der Waals surface area contributed by atoms with Gasteiger partial charge in [-0.15, -0.1) is 11.3 Å². The topological polar surface area (TPSA) is 80.3 Å². The third-order valence-corrected chi connectivity index (χ3v) is 7.01. The van der Waals surface area contributed by atoms with Gasteiger partial charge in [0.25, 0.3) is 0 Å². The van der Waals surface area contributed by atoms with E-state index in [1.807, 2.05) is 53.4 Å². The van der Waals surface area contributed by atoms with E-state index >= 15 is 0 Å². The van der Waals surface area contributed by atoms with Crippen molar-refractivity contribution < 1.29 is 23.8 Å². The van der Waals surface area contributed by atoms with Crippen LogP contribution in [-0.2, 0) is 22.5 Å². The molecule has 0 fully saturated rings. The molecule has 0 saturated carbocycles. The quantitative estimate of drug-likeness (QED) is 0.284. The van der Waals surface area contributed by atoms with Crippen LogP contribution in [0.1, 0.15) is 21.7 Å². The Balaban J connectivity index is 1.75. The van der Waals surface area contributed by atoms with Crippen LogP contribution in [0.2, 0.25) is 0 Å². The number of thiophene rings is 1. The number of ether oxygens (including phenoxy) is 3. The Kier molecular flexibility index (Phi) is 11.4. The average Bonchev–Trinajstić information content (AvgIpc) is 3.35. The van der Waals surface area contributed by atoms with E-state index in [1.165, 1.54) is 4.88 Å². The van der Waals surface area contributed by atoms with Gasteiger partial charge in [0.2, 0.25) is 5.91 Å². The zero-order valence-electron chi connectivity index (χ0n) is 22.6. The van der Waals surface area contributed by atoms with Crippen molar-refractivity contribution in [3.05, 3.63) is 76.0 Å². The number of aryl methyl sites for hydroxylation is 1. The molecule has 38 heavy (non-hydrogen) atoms. The van der Waals surface area contributed by atoms with Crippen LogP contribution in [0.25, 0.3) is 0 Å².